The van der Waals surface area contributed by atoms with Gasteiger partial charge in [0.1, 0.15) is 0 Å². The molecule has 0 heterocycles. The highest BCUT2D eigenvalue weighted by Crippen LogP contribution is 2.37. The van der Waals surface area contributed by atoms with E-state index in [9.17, 15) is 4.79 Å². The summed E-state index contributed by atoms with van der Waals surface area (Å²) in [6.07, 6.45) is 8.21. The van der Waals surface area contributed by atoms with E-state index in [1.807, 2.05) is 0 Å². The molecule has 0 spiro atoms. The Morgan fingerprint density at radius 1 is 1.27 bits per heavy atom. The number of carbonyl (C=O) groups is 1. The van der Waals surface area contributed by atoms with Crippen molar-refractivity contribution in [2.45, 2.75) is 52.9 Å². The van der Waals surface area contributed by atoms with Gasteiger partial charge in [-0.3, -0.25) is 0 Å². The molecule has 0 saturated heterocycles. The minimum absolute atomic E-state index is 0.570. The van der Waals surface area contributed by atoms with Gasteiger partial charge in [0.15, 0.2) is 0 Å². The van der Waals surface area contributed by atoms with Crippen LogP contribution in [0.2, 0.25) is 0 Å². The highest BCUT2D eigenvalue weighted by molar-refractivity contribution is 5.78. The zero-order valence-electron chi connectivity index (χ0n) is 10.3. The van der Waals surface area contributed by atoms with E-state index in [0.29, 0.717) is 5.41 Å². The van der Waals surface area contributed by atoms with Gasteiger partial charge in [0.2, 0.25) is 0 Å². The van der Waals surface area contributed by atoms with Crippen molar-refractivity contribution in [2.75, 3.05) is 0 Å². The smallest absolute Gasteiger partial charge is 0.327 e. The predicted octanol–water partition coefficient (Wildman–Crippen LogP) is 3.87. The molecule has 0 bridgehead atoms. The zero-order chi connectivity index (χ0) is 11.9. The number of rotatable bonds is 1. The maximum absolute atomic E-state index is 9.25. The van der Waals surface area contributed by atoms with Crippen molar-refractivity contribution in [3.63, 3.8) is 0 Å². The summed E-state index contributed by atoms with van der Waals surface area (Å²) in [4.78, 5) is 9.25. The van der Waals surface area contributed by atoms with Crippen molar-refractivity contribution in [3.8, 4) is 0 Å². The average molecular weight is 212 g/mol. The van der Waals surface area contributed by atoms with E-state index in [1.54, 1.807) is 0 Å². The maximum atomic E-state index is 9.25. The standard InChI is InChI=1S/C10H20.C3H4O2/c1-10(2,3)9-7-5-4-6-8-9;1-2-3(4)5/h9H,4-8H2,1-3H3;2H,1H2,(H,4,5). The summed E-state index contributed by atoms with van der Waals surface area (Å²) in [5.74, 6) is 0.0197. The molecular weight excluding hydrogens is 188 g/mol. The lowest BCUT2D eigenvalue weighted by atomic mass is 9.72. The Morgan fingerprint density at radius 3 is 1.87 bits per heavy atom. The second-order valence-corrected chi connectivity index (χ2v) is 5.24. The van der Waals surface area contributed by atoms with Gasteiger partial charge in [-0.2, -0.15) is 0 Å². The Kier molecular flexibility index (Phi) is 6.30. The van der Waals surface area contributed by atoms with Gasteiger partial charge in [0, 0.05) is 6.08 Å². The first-order valence-corrected chi connectivity index (χ1v) is 5.73. The number of hydrogen-bond acceptors (Lipinski definition) is 1. The summed E-state index contributed by atoms with van der Waals surface area (Å²) in [6, 6.07) is 0. The molecule has 1 aliphatic rings. The van der Waals surface area contributed by atoms with Crippen LogP contribution in [0.4, 0.5) is 0 Å². The van der Waals surface area contributed by atoms with Crippen LogP contribution in [-0.2, 0) is 4.79 Å². The quantitative estimate of drug-likeness (QED) is 0.670. The Labute approximate surface area is 93.4 Å². The molecule has 15 heavy (non-hydrogen) atoms. The van der Waals surface area contributed by atoms with Crippen molar-refractivity contribution in [1.29, 1.82) is 0 Å². The van der Waals surface area contributed by atoms with E-state index in [1.165, 1.54) is 32.1 Å². The van der Waals surface area contributed by atoms with E-state index >= 15 is 0 Å². The van der Waals surface area contributed by atoms with Gasteiger partial charge in [0.05, 0.1) is 0 Å². The molecule has 0 aromatic carbocycles. The van der Waals surface area contributed by atoms with Gasteiger partial charge in [-0.25, -0.2) is 4.79 Å². The average Bonchev–Trinajstić information content (AvgIpc) is 2.19. The van der Waals surface area contributed by atoms with Crippen molar-refractivity contribution in [2.24, 2.45) is 11.3 Å². The molecule has 2 heteroatoms. The monoisotopic (exact) mass is 212 g/mol. The normalized spacial score (nSPS) is 17.5. The zero-order valence-corrected chi connectivity index (χ0v) is 10.3. The van der Waals surface area contributed by atoms with E-state index in [2.05, 4.69) is 27.4 Å². The Morgan fingerprint density at radius 2 is 1.67 bits per heavy atom. The molecule has 0 radical (unpaired) electrons. The molecule has 0 aliphatic heterocycles. The van der Waals surface area contributed by atoms with Crippen LogP contribution in [0.5, 0.6) is 0 Å². The van der Waals surface area contributed by atoms with Gasteiger partial charge in [-0.15, -0.1) is 0 Å². The van der Waals surface area contributed by atoms with Gasteiger partial charge in [-0.1, -0.05) is 46.6 Å². The first-order chi connectivity index (χ1) is 6.88. The fraction of sp³-hybridized carbons (Fsp3) is 0.769. The van der Waals surface area contributed by atoms with Crippen molar-refractivity contribution in [3.05, 3.63) is 12.7 Å². The summed E-state index contributed by atoms with van der Waals surface area (Å²) in [6.45, 7) is 10.1. The number of carboxylic acids is 1. The van der Waals surface area contributed by atoms with E-state index in [4.69, 9.17) is 5.11 Å². The Hall–Kier alpha value is -0.790. The third-order valence-corrected chi connectivity index (χ3v) is 3.00. The van der Waals surface area contributed by atoms with E-state index in [-0.39, 0.29) is 0 Å². The molecule has 1 saturated carbocycles. The summed E-state index contributed by atoms with van der Waals surface area (Å²) >= 11 is 0. The molecular formula is C13H24O2. The van der Waals surface area contributed by atoms with E-state index in [0.717, 1.165) is 12.0 Å². The molecule has 1 rings (SSSR count). The second kappa shape index (κ2) is 6.65. The fourth-order valence-corrected chi connectivity index (χ4v) is 1.97. The third-order valence-electron chi connectivity index (χ3n) is 3.00. The molecule has 1 N–H and O–H groups in total. The summed E-state index contributed by atoms with van der Waals surface area (Å²) in [7, 11) is 0. The molecule has 1 aliphatic carbocycles. The van der Waals surface area contributed by atoms with Crippen molar-refractivity contribution < 1.29 is 9.90 Å². The highest BCUT2D eigenvalue weighted by atomic mass is 16.4. The Balaban J connectivity index is 0.000000336. The van der Waals surface area contributed by atoms with Gasteiger partial charge < -0.3 is 5.11 Å². The molecule has 88 valence electrons. The molecule has 0 aromatic heterocycles. The lowest BCUT2D eigenvalue weighted by Crippen LogP contribution is -2.22. The summed E-state index contributed by atoms with van der Waals surface area (Å²) in [5, 5.41) is 7.60. The van der Waals surface area contributed by atoms with Gasteiger partial charge in [0.25, 0.3) is 0 Å². The Bertz CT molecular complexity index is 195. The number of carboxylic acid groups (broad SMARTS) is 1. The molecule has 0 unspecified atom stereocenters. The van der Waals surface area contributed by atoms with Crippen LogP contribution >= 0.6 is 0 Å². The van der Waals surface area contributed by atoms with Gasteiger partial charge >= 0.3 is 5.97 Å². The summed E-state index contributed by atoms with van der Waals surface area (Å²) in [5.41, 5.74) is 0.570. The minimum atomic E-state index is -0.981. The van der Waals surface area contributed by atoms with Crippen LogP contribution in [0, 0.1) is 11.3 Å². The first kappa shape index (κ1) is 14.2. The lowest BCUT2D eigenvalue weighted by molar-refractivity contribution is -0.131. The molecule has 1 fully saturated rings. The molecule has 0 amide bonds. The van der Waals surface area contributed by atoms with E-state index < -0.39 is 5.97 Å². The first-order valence-electron chi connectivity index (χ1n) is 5.73. The SMILES string of the molecule is C=CC(=O)O.CC(C)(C)C1CCCCC1. The fourth-order valence-electron chi connectivity index (χ4n) is 1.97. The van der Waals surface area contributed by atoms with Crippen LogP contribution in [0.3, 0.4) is 0 Å². The summed E-state index contributed by atoms with van der Waals surface area (Å²) < 4.78 is 0. The lowest BCUT2D eigenvalue weighted by Gasteiger charge is -2.33. The van der Waals surface area contributed by atoms with Gasteiger partial charge in [-0.05, 0) is 24.2 Å². The number of aliphatic carboxylic acids is 1. The largest absolute Gasteiger partial charge is 0.478 e. The molecule has 0 atom stereocenters. The van der Waals surface area contributed by atoms with Crippen LogP contribution in [0.1, 0.15) is 52.9 Å². The van der Waals surface area contributed by atoms with Crippen molar-refractivity contribution in [1.82, 2.24) is 0 Å². The number of hydrogen-bond donors (Lipinski definition) is 1. The van der Waals surface area contributed by atoms with Crippen LogP contribution in [0.25, 0.3) is 0 Å². The highest BCUT2D eigenvalue weighted by Gasteiger charge is 2.25. The topological polar surface area (TPSA) is 37.3 Å². The van der Waals surface area contributed by atoms with Crippen molar-refractivity contribution >= 4 is 5.97 Å². The predicted molar refractivity (Wildman–Crippen MR) is 63.9 cm³/mol. The maximum Gasteiger partial charge on any atom is 0.327 e. The van der Waals surface area contributed by atoms with Crippen LogP contribution < -0.4 is 0 Å². The van der Waals surface area contributed by atoms with Crippen LogP contribution in [0.15, 0.2) is 12.7 Å². The third kappa shape index (κ3) is 7.18. The molecule has 2 nitrogen and oxygen atoms in total. The second-order valence-electron chi connectivity index (χ2n) is 5.24. The molecule has 0 aromatic rings. The van der Waals surface area contributed by atoms with Crippen LogP contribution in [-0.4, -0.2) is 11.1 Å². The minimum Gasteiger partial charge on any atom is -0.478 e.